The molecule has 0 saturated heterocycles. The zero-order chi connectivity index (χ0) is 10.9. The van der Waals surface area contributed by atoms with Gasteiger partial charge in [-0.1, -0.05) is 12.1 Å². The van der Waals surface area contributed by atoms with Crippen molar-refractivity contribution in [2.24, 2.45) is 5.73 Å². The molecule has 1 heterocycles. The van der Waals surface area contributed by atoms with Gasteiger partial charge in [0.25, 0.3) is 0 Å². The molecule has 3 N–H and O–H groups in total. The second-order valence-corrected chi connectivity index (χ2v) is 5.16. The van der Waals surface area contributed by atoms with Crippen LogP contribution in [0.25, 0.3) is 0 Å². The molecular weight excluding hydrogens is 184 g/mol. The summed E-state index contributed by atoms with van der Waals surface area (Å²) in [6.07, 6.45) is 3.28. The van der Waals surface area contributed by atoms with Gasteiger partial charge < -0.3 is 11.1 Å². The molecule has 0 fully saturated rings. The Morgan fingerprint density at radius 3 is 2.93 bits per heavy atom. The first-order chi connectivity index (χ1) is 7.04. The predicted molar refractivity (Wildman–Crippen MR) is 65.2 cm³/mol. The number of rotatable bonds is 3. The third kappa shape index (κ3) is 2.72. The highest BCUT2D eigenvalue weighted by Gasteiger charge is 2.13. The lowest BCUT2D eigenvalue weighted by atomic mass is 9.95. The standard InChI is InChI=1S/C13H20N2/c1-13(2,14)7-5-10-3-4-12-11(9-10)6-8-15-12/h3-4,9,15H,5-8,14H2,1-2H3. The zero-order valence-electron chi connectivity index (χ0n) is 9.64. The maximum atomic E-state index is 5.98. The minimum atomic E-state index is -0.0583. The van der Waals surface area contributed by atoms with Crippen molar-refractivity contribution in [3.63, 3.8) is 0 Å². The molecule has 2 nitrogen and oxygen atoms in total. The summed E-state index contributed by atoms with van der Waals surface area (Å²) >= 11 is 0. The molecular formula is C13H20N2. The molecule has 2 rings (SSSR count). The first-order valence-electron chi connectivity index (χ1n) is 5.69. The van der Waals surface area contributed by atoms with E-state index in [0.717, 1.165) is 25.8 Å². The molecule has 0 aromatic heterocycles. The lowest BCUT2D eigenvalue weighted by Crippen LogP contribution is -2.32. The number of hydrogen-bond donors (Lipinski definition) is 2. The average Bonchev–Trinajstić information content (AvgIpc) is 2.60. The zero-order valence-corrected chi connectivity index (χ0v) is 9.64. The van der Waals surface area contributed by atoms with Crippen LogP contribution in [0.3, 0.4) is 0 Å². The molecule has 0 unspecified atom stereocenters. The third-order valence-corrected chi connectivity index (χ3v) is 2.94. The van der Waals surface area contributed by atoms with Crippen LogP contribution < -0.4 is 11.1 Å². The molecule has 1 aromatic carbocycles. The van der Waals surface area contributed by atoms with E-state index in [2.05, 4.69) is 37.4 Å². The van der Waals surface area contributed by atoms with Crippen molar-refractivity contribution in [3.8, 4) is 0 Å². The van der Waals surface area contributed by atoms with Gasteiger partial charge in [0, 0.05) is 17.8 Å². The third-order valence-electron chi connectivity index (χ3n) is 2.94. The van der Waals surface area contributed by atoms with Crippen molar-refractivity contribution < 1.29 is 0 Å². The Labute approximate surface area is 91.9 Å². The summed E-state index contributed by atoms with van der Waals surface area (Å²) in [5.74, 6) is 0. The first-order valence-corrected chi connectivity index (χ1v) is 5.69. The molecule has 1 aromatic rings. The molecule has 15 heavy (non-hydrogen) atoms. The van der Waals surface area contributed by atoms with Crippen molar-refractivity contribution in [1.82, 2.24) is 0 Å². The molecule has 0 aliphatic carbocycles. The topological polar surface area (TPSA) is 38.0 Å². The van der Waals surface area contributed by atoms with Crippen LogP contribution in [0, 0.1) is 0 Å². The number of anilines is 1. The summed E-state index contributed by atoms with van der Waals surface area (Å²) in [7, 11) is 0. The van der Waals surface area contributed by atoms with Gasteiger partial charge in [0.1, 0.15) is 0 Å². The summed E-state index contributed by atoms with van der Waals surface area (Å²) in [5.41, 5.74) is 10.1. The molecule has 0 bridgehead atoms. The number of hydrogen-bond acceptors (Lipinski definition) is 2. The van der Waals surface area contributed by atoms with Gasteiger partial charge in [0.15, 0.2) is 0 Å². The van der Waals surface area contributed by atoms with Crippen molar-refractivity contribution in [3.05, 3.63) is 29.3 Å². The van der Waals surface area contributed by atoms with Crippen molar-refractivity contribution in [2.45, 2.75) is 38.6 Å². The highest BCUT2D eigenvalue weighted by molar-refractivity contribution is 5.56. The van der Waals surface area contributed by atoms with E-state index in [0.29, 0.717) is 0 Å². The minimum Gasteiger partial charge on any atom is -0.384 e. The van der Waals surface area contributed by atoms with E-state index in [1.165, 1.54) is 16.8 Å². The second kappa shape index (κ2) is 3.86. The fraction of sp³-hybridized carbons (Fsp3) is 0.538. The summed E-state index contributed by atoms with van der Waals surface area (Å²) in [6.45, 7) is 5.25. The Balaban J connectivity index is 2.04. The predicted octanol–water partition coefficient (Wildman–Crippen LogP) is 2.32. The number of fused-ring (bicyclic) bond motifs is 1. The minimum absolute atomic E-state index is 0.0583. The Morgan fingerprint density at radius 1 is 1.40 bits per heavy atom. The van der Waals surface area contributed by atoms with E-state index in [-0.39, 0.29) is 5.54 Å². The summed E-state index contributed by atoms with van der Waals surface area (Å²) < 4.78 is 0. The van der Waals surface area contributed by atoms with Gasteiger partial charge in [-0.05, 0) is 50.3 Å². The number of benzene rings is 1. The van der Waals surface area contributed by atoms with Gasteiger partial charge in [-0.3, -0.25) is 0 Å². The van der Waals surface area contributed by atoms with Crippen LogP contribution in [0.5, 0.6) is 0 Å². The SMILES string of the molecule is CC(C)(N)CCc1ccc2c(c1)CCN2. The lowest BCUT2D eigenvalue weighted by molar-refractivity contribution is 0.477. The first kappa shape index (κ1) is 10.5. The fourth-order valence-electron chi connectivity index (χ4n) is 1.98. The van der Waals surface area contributed by atoms with Crippen LogP contribution in [-0.4, -0.2) is 12.1 Å². The van der Waals surface area contributed by atoms with Crippen molar-refractivity contribution in [1.29, 1.82) is 0 Å². The maximum absolute atomic E-state index is 5.98. The van der Waals surface area contributed by atoms with Gasteiger partial charge in [0.05, 0.1) is 0 Å². The maximum Gasteiger partial charge on any atom is 0.0373 e. The Hall–Kier alpha value is -1.02. The number of nitrogens with one attached hydrogen (secondary N) is 1. The van der Waals surface area contributed by atoms with Gasteiger partial charge in [-0.15, -0.1) is 0 Å². The van der Waals surface area contributed by atoms with Crippen LogP contribution in [0.4, 0.5) is 5.69 Å². The van der Waals surface area contributed by atoms with Crippen LogP contribution in [0.1, 0.15) is 31.4 Å². The van der Waals surface area contributed by atoms with Crippen LogP contribution in [0.2, 0.25) is 0 Å². The Bertz CT molecular complexity index is 350. The highest BCUT2D eigenvalue weighted by Crippen LogP contribution is 2.24. The molecule has 0 atom stereocenters. The van der Waals surface area contributed by atoms with E-state index in [1.807, 2.05) is 0 Å². The molecule has 82 valence electrons. The highest BCUT2D eigenvalue weighted by atomic mass is 14.9. The van der Waals surface area contributed by atoms with E-state index in [4.69, 9.17) is 5.73 Å². The Morgan fingerprint density at radius 2 is 2.20 bits per heavy atom. The molecule has 0 amide bonds. The summed E-state index contributed by atoms with van der Waals surface area (Å²) in [5, 5.41) is 3.37. The van der Waals surface area contributed by atoms with E-state index in [9.17, 15) is 0 Å². The van der Waals surface area contributed by atoms with Crippen molar-refractivity contribution >= 4 is 5.69 Å². The molecule has 0 radical (unpaired) electrons. The van der Waals surface area contributed by atoms with Crippen molar-refractivity contribution in [2.75, 3.05) is 11.9 Å². The van der Waals surface area contributed by atoms with E-state index in [1.54, 1.807) is 0 Å². The lowest BCUT2D eigenvalue weighted by Gasteiger charge is -2.18. The van der Waals surface area contributed by atoms with Crippen LogP contribution >= 0.6 is 0 Å². The van der Waals surface area contributed by atoms with E-state index >= 15 is 0 Å². The van der Waals surface area contributed by atoms with Crippen LogP contribution in [-0.2, 0) is 12.8 Å². The number of nitrogens with two attached hydrogens (primary N) is 1. The molecule has 2 heteroatoms. The Kier molecular flexibility index (Phi) is 2.70. The molecule has 1 aliphatic heterocycles. The summed E-state index contributed by atoms with van der Waals surface area (Å²) in [4.78, 5) is 0. The average molecular weight is 204 g/mol. The van der Waals surface area contributed by atoms with Gasteiger partial charge in [0.2, 0.25) is 0 Å². The van der Waals surface area contributed by atoms with Gasteiger partial charge in [-0.2, -0.15) is 0 Å². The monoisotopic (exact) mass is 204 g/mol. The normalized spacial score (nSPS) is 14.9. The second-order valence-electron chi connectivity index (χ2n) is 5.16. The number of aryl methyl sites for hydroxylation is 1. The molecule has 0 saturated carbocycles. The van der Waals surface area contributed by atoms with Crippen LogP contribution in [0.15, 0.2) is 18.2 Å². The molecule has 1 aliphatic rings. The smallest absolute Gasteiger partial charge is 0.0373 e. The quantitative estimate of drug-likeness (QED) is 0.793. The fourth-order valence-corrected chi connectivity index (χ4v) is 1.98. The van der Waals surface area contributed by atoms with E-state index < -0.39 is 0 Å². The largest absolute Gasteiger partial charge is 0.384 e. The molecule has 0 spiro atoms. The summed E-state index contributed by atoms with van der Waals surface area (Å²) in [6, 6.07) is 6.73. The van der Waals surface area contributed by atoms with Gasteiger partial charge >= 0.3 is 0 Å². The van der Waals surface area contributed by atoms with Gasteiger partial charge in [-0.25, -0.2) is 0 Å².